The van der Waals surface area contributed by atoms with Crippen LogP contribution in [0.3, 0.4) is 0 Å². The number of fused-ring (bicyclic) bond motifs is 1. The molecule has 0 amide bonds. The van der Waals surface area contributed by atoms with E-state index in [9.17, 15) is 4.39 Å². The third-order valence-electron chi connectivity index (χ3n) is 7.02. The van der Waals surface area contributed by atoms with E-state index in [1.54, 1.807) is 35.9 Å². The van der Waals surface area contributed by atoms with Gasteiger partial charge in [-0.25, -0.2) is 13.9 Å². The molecule has 1 aromatic carbocycles. The summed E-state index contributed by atoms with van der Waals surface area (Å²) in [4.78, 5) is 12.4. The Balaban J connectivity index is 1.36. The smallest absolute Gasteiger partial charge is 0.215 e. The fraction of sp³-hybridized carbons (Fsp3) is 0.375. The highest BCUT2D eigenvalue weighted by atomic mass is 32.1. The minimum Gasteiger partial charge on any atom is -0.347 e. The summed E-state index contributed by atoms with van der Waals surface area (Å²) in [6.45, 7) is 4.39. The number of halogens is 1. The van der Waals surface area contributed by atoms with Gasteiger partial charge in [0.15, 0.2) is 0 Å². The summed E-state index contributed by atoms with van der Waals surface area (Å²) in [6, 6.07) is 10.4. The normalized spacial score (nSPS) is 18.5. The lowest BCUT2D eigenvalue weighted by molar-refractivity contribution is 0.154. The van der Waals surface area contributed by atoms with Gasteiger partial charge in [0.1, 0.15) is 17.2 Å². The topological polar surface area (TPSA) is 58.4 Å². The van der Waals surface area contributed by atoms with E-state index in [1.807, 2.05) is 16.6 Å². The van der Waals surface area contributed by atoms with Crippen LogP contribution in [0.2, 0.25) is 0 Å². The van der Waals surface area contributed by atoms with Crippen molar-refractivity contribution in [1.29, 1.82) is 0 Å². The van der Waals surface area contributed by atoms with E-state index in [0.717, 1.165) is 58.8 Å². The first kappa shape index (κ1) is 19.8. The molecule has 1 spiro atoms. The maximum Gasteiger partial charge on any atom is 0.215 e. The van der Waals surface area contributed by atoms with Crippen molar-refractivity contribution in [2.45, 2.75) is 25.7 Å². The van der Waals surface area contributed by atoms with Crippen LogP contribution in [0.1, 0.15) is 25.7 Å². The SMILES string of the molecule is Fc1ccc(-c2nc3sc(N4CCC5(CCNCC5)CC4)nn3c2-c2ccncc2)cc1. The lowest BCUT2D eigenvalue weighted by Crippen LogP contribution is -2.45. The molecule has 1 N–H and O–H groups in total. The molecule has 2 saturated heterocycles. The highest BCUT2D eigenvalue weighted by Crippen LogP contribution is 2.42. The second-order valence-electron chi connectivity index (χ2n) is 8.87. The van der Waals surface area contributed by atoms with E-state index in [0.29, 0.717) is 5.41 Å². The minimum absolute atomic E-state index is 0.253. The molecule has 0 saturated carbocycles. The van der Waals surface area contributed by atoms with Crippen molar-refractivity contribution < 1.29 is 4.39 Å². The van der Waals surface area contributed by atoms with Gasteiger partial charge in [-0.3, -0.25) is 4.98 Å². The van der Waals surface area contributed by atoms with Gasteiger partial charge in [-0.15, -0.1) is 5.10 Å². The quantitative estimate of drug-likeness (QED) is 0.495. The lowest BCUT2D eigenvalue weighted by Gasteiger charge is -2.44. The number of aromatic nitrogens is 4. The number of nitrogens with zero attached hydrogens (tertiary/aromatic N) is 5. The molecule has 3 aromatic heterocycles. The number of imidazole rings is 1. The first-order chi connectivity index (χ1) is 15.7. The molecule has 0 radical (unpaired) electrons. The van der Waals surface area contributed by atoms with Crippen LogP contribution in [0, 0.1) is 11.2 Å². The fourth-order valence-corrected chi connectivity index (χ4v) is 6.03. The summed E-state index contributed by atoms with van der Waals surface area (Å²) in [5.41, 5.74) is 4.12. The Morgan fingerprint density at radius 2 is 1.62 bits per heavy atom. The molecule has 2 aliphatic rings. The van der Waals surface area contributed by atoms with Crippen LogP contribution in [0.4, 0.5) is 9.52 Å². The van der Waals surface area contributed by atoms with Crippen molar-refractivity contribution in [2.24, 2.45) is 5.41 Å². The first-order valence-corrected chi connectivity index (χ1v) is 12.0. The molecule has 6 rings (SSSR count). The van der Waals surface area contributed by atoms with Crippen molar-refractivity contribution >= 4 is 21.4 Å². The van der Waals surface area contributed by atoms with E-state index >= 15 is 0 Å². The molecule has 2 fully saturated rings. The van der Waals surface area contributed by atoms with Gasteiger partial charge >= 0.3 is 0 Å². The monoisotopic (exact) mass is 448 g/mol. The molecule has 0 aliphatic carbocycles. The zero-order chi connectivity index (χ0) is 21.5. The van der Waals surface area contributed by atoms with Crippen LogP contribution in [0.15, 0.2) is 48.8 Å². The van der Waals surface area contributed by atoms with Gasteiger partial charge in [0.05, 0.1) is 0 Å². The van der Waals surface area contributed by atoms with Gasteiger partial charge in [0.25, 0.3) is 0 Å². The Labute approximate surface area is 190 Å². The number of pyridine rings is 1. The Morgan fingerprint density at radius 1 is 0.906 bits per heavy atom. The molecule has 0 atom stereocenters. The van der Waals surface area contributed by atoms with Crippen molar-refractivity contribution in [3.8, 4) is 22.5 Å². The lowest BCUT2D eigenvalue weighted by atomic mass is 9.72. The number of hydrogen-bond acceptors (Lipinski definition) is 6. The van der Waals surface area contributed by atoms with Crippen LogP contribution < -0.4 is 10.2 Å². The highest BCUT2D eigenvalue weighted by molar-refractivity contribution is 7.20. The molecule has 164 valence electrons. The number of hydrogen-bond donors (Lipinski definition) is 1. The minimum atomic E-state index is -0.253. The molecule has 0 bridgehead atoms. The number of anilines is 1. The van der Waals surface area contributed by atoms with Gasteiger partial charge in [-0.05, 0) is 80.6 Å². The summed E-state index contributed by atoms with van der Waals surface area (Å²) < 4.78 is 15.5. The summed E-state index contributed by atoms with van der Waals surface area (Å²) in [7, 11) is 0. The number of nitrogens with one attached hydrogen (secondary N) is 1. The Kier molecular flexibility index (Phi) is 4.91. The largest absolute Gasteiger partial charge is 0.347 e. The maximum absolute atomic E-state index is 13.5. The van der Waals surface area contributed by atoms with Crippen molar-refractivity contribution in [1.82, 2.24) is 24.9 Å². The van der Waals surface area contributed by atoms with E-state index < -0.39 is 0 Å². The zero-order valence-electron chi connectivity index (χ0n) is 17.8. The van der Waals surface area contributed by atoms with Crippen molar-refractivity contribution in [3.63, 3.8) is 0 Å². The predicted molar refractivity (Wildman–Crippen MR) is 125 cm³/mol. The molecule has 8 heteroatoms. The third-order valence-corrected chi connectivity index (χ3v) is 7.99. The predicted octanol–water partition coefficient (Wildman–Crippen LogP) is 4.63. The van der Waals surface area contributed by atoms with E-state index in [1.165, 1.54) is 37.8 Å². The highest BCUT2D eigenvalue weighted by Gasteiger charge is 2.36. The van der Waals surface area contributed by atoms with E-state index in [4.69, 9.17) is 10.1 Å². The van der Waals surface area contributed by atoms with Crippen LogP contribution in [-0.2, 0) is 0 Å². The molecular weight excluding hydrogens is 423 g/mol. The Morgan fingerprint density at radius 3 is 2.34 bits per heavy atom. The van der Waals surface area contributed by atoms with Gasteiger partial charge in [-0.1, -0.05) is 11.3 Å². The van der Waals surface area contributed by atoms with Crippen LogP contribution in [-0.4, -0.2) is 45.8 Å². The molecule has 4 aromatic rings. The second-order valence-corrected chi connectivity index (χ2v) is 9.80. The standard InChI is InChI=1S/C24H25FN6S/c25-19-3-1-17(2-4-19)20-21(18-5-11-26-12-6-18)31-22(28-20)32-23(29-31)30-15-9-24(10-16-30)7-13-27-14-8-24/h1-6,11-12,27H,7-10,13-16H2. The van der Waals surface area contributed by atoms with Crippen LogP contribution in [0.5, 0.6) is 0 Å². The summed E-state index contributed by atoms with van der Waals surface area (Å²) >= 11 is 1.63. The molecular formula is C24H25FN6S. The van der Waals surface area contributed by atoms with Gasteiger partial charge in [-0.2, -0.15) is 0 Å². The van der Waals surface area contributed by atoms with Crippen LogP contribution in [0.25, 0.3) is 27.5 Å². The average molecular weight is 449 g/mol. The third kappa shape index (κ3) is 3.47. The molecule has 6 nitrogen and oxygen atoms in total. The Bertz CT molecular complexity index is 1220. The fourth-order valence-electron chi connectivity index (χ4n) is 5.07. The van der Waals surface area contributed by atoms with E-state index in [2.05, 4.69) is 15.2 Å². The van der Waals surface area contributed by atoms with Crippen molar-refractivity contribution in [2.75, 3.05) is 31.1 Å². The van der Waals surface area contributed by atoms with Crippen LogP contribution >= 0.6 is 11.3 Å². The molecule has 5 heterocycles. The zero-order valence-corrected chi connectivity index (χ0v) is 18.6. The molecule has 2 aliphatic heterocycles. The maximum atomic E-state index is 13.5. The second kappa shape index (κ2) is 7.94. The van der Waals surface area contributed by atoms with E-state index in [-0.39, 0.29) is 5.82 Å². The summed E-state index contributed by atoms with van der Waals surface area (Å²) in [6.07, 6.45) is 8.59. The van der Waals surface area contributed by atoms with Gasteiger partial charge in [0, 0.05) is 36.6 Å². The van der Waals surface area contributed by atoms with Gasteiger partial charge < -0.3 is 10.2 Å². The number of rotatable bonds is 3. The van der Waals surface area contributed by atoms with Crippen molar-refractivity contribution in [3.05, 3.63) is 54.6 Å². The summed E-state index contributed by atoms with van der Waals surface area (Å²) in [5, 5.41) is 9.52. The first-order valence-electron chi connectivity index (χ1n) is 11.2. The summed E-state index contributed by atoms with van der Waals surface area (Å²) in [5.74, 6) is -0.253. The number of benzene rings is 1. The molecule has 0 unspecified atom stereocenters. The van der Waals surface area contributed by atoms with Gasteiger partial charge in [0.2, 0.25) is 10.1 Å². The Hall–Kier alpha value is -2.84. The number of piperidine rings is 2. The average Bonchev–Trinajstić information content (AvgIpc) is 3.39. The molecule has 32 heavy (non-hydrogen) atoms.